The zero-order chi connectivity index (χ0) is 15.1. The van der Waals surface area contributed by atoms with Crippen LogP contribution in [0, 0.1) is 0 Å². The zero-order valence-electron chi connectivity index (χ0n) is 13.2. The van der Waals surface area contributed by atoms with Crippen molar-refractivity contribution in [2.75, 3.05) is 6.54 Å². The molecular formula is C19H25NO. The number of para-hydroxylation sites is 1. The second-order valence-electron chi connectivity index (χ2n) is 5.31. The Bertz CT molecular complexity index is 548. The molecule has 1 atom stereocenters. The predicted molar refractivity (Wildman–Crippen MR) is 89.0 cm³/mol. The Balaban J connectivity index is 2.05. The summed E-state index contributed by atoms with van der Waals surface area (Å²) in [5, 5.41) is 3.50. The normalized spacial score (nSPS) is 12.1. The van der Waals surface area contributed by atoms with Crippen molar-refractivity contribution in [3.63, 3.8) is 0 Å². The quantitative estimate of drug-likeness (QED) is 0.763. The van der Waals surface area contributed by atoms with Crippen LogP contribution in [0.15, 0.2) is 48.5 Å². The molecule has 2 nitrogen and oxygen atoms in total. The molecule has 2 aromatic carbocycles. The Labute approximate surface area is 128 Å². The molecule has 0 radical (unpaired) electrons. The molecule has 2 aromatic rings. The van der Waals surface area contributed by atoms with E-state index in [4.69, 9.17) is 4.74 Å². The van der Waals surface area contributed by atoms with Gasteiger partial charge in [-0.3, -0.25) is 0 Å². The van der Waals surface area contributed by atoms with E-state index in [9.17, 15) is 0 Å². The lowest BCUT2D eigenvalue weighted by Gasteiger charge is -2.15. The molecule has 0 fully saturated rings. The first-order chi connectivity index (χ1) is 10.2. The molecule has 0 amide bonds. The van der Waals surface area contributed by atoms with Crippen molar-refractivity contribution in [3.05, 3.63) is 59.7 Å². The van der Waals surface area contributed by atoms with Gasteiger partial charge in [0.15, 0.2) is 0 Å². The average Bonchev–Trinajstić information content (AvgIpc) is 2.54. The van der Waals surface area contributed by atoms with Crippen molar-refractivity contribution >= 4 is 0 Å². The van der Waals surface area contributed by atoms with E-state index >= 15 is 0 Å². The second kappa shape index (κ2) is 7.84. The van der Waals surface area contributed by atoms with Gasteiger partial charge in [-0.25, -0.2) is 0 Å². The van der Waals surface area contributed by atoms with Gasteiger partial charge in [-0.2, -0.15) is 0 Å². The minimum absolute atomic E-state index is 0.377. The molecule has 0 aliphatic heterocycles. The fraction of sp³-hybridized carbons (Fsp3) is 0.368. The first-order valence-corrected chi connectivity index (χ1v) is 7.83. The third-order valence-corrected chi connectivity index (χ3v) is 3.66. The molecule has 0 aliphatic carbocycles. The predicted octanol–water partition coefficient (Wildman–Crippen LogP) is 5.10. The van der Waals surface area contributed by atoms with E-state index in [2.05, 4.69) is 50.4 Å². The van der Waals surface area contributed by atoms with Crippen LogP contribution in [0.4, 0.5) is 0 Å². The highest BCUT2D eigenvalue weighted by Gasteiger charge is 2.06. The molecule has 0 aliphatic rings. The monoisotopic (exact) mass is 283 g/mol. The molecule has 0 aromatic heterocycles. The van der Waals surface area contributed by atoms with Gasteiger partial charge in [-0.15, -0.1) is 0 Å². The highest BCUT2D eigenvalue weighted by molar-refractivity contribution is 5.38. The largest absolute Gasteiger partial charge is 0.457 e. The molecule has 112 valence electrons. The summed E-state index contributed by atoms with van der Waals surface area (Å²) in [6.45, 7) is 7.56. The van der Waals surface area contributed by atoms with Gasteiger partial charge >= 0.3 is 0 Å². The molecule has 0 saturated heterocycles. The van der Waals surface area contributed by atoms with Crippen molar-refractivity contribution in [3.8, 4) is 11.5 Å². The summed E-state index contributed by atoms with van der Waals surface area (Å²) < 4.78 is 6.00. The van der Waals surface area contributed by atoms with Crippen LogP contribution in [0.5, 0.6) is 11.5 Å². The van der Waals surface area contributed by atoms with E-state index in [0.29, 0.717) is 6.04 Å². The van der Waals surface area contributed by atoms with Gasteiger partial charge in [0.05, 0.1) is 0 Å². The van der Waals surface area contributed by atoms with Gasteiger partial charge in [0, 0.05) is 6.04 Å². The van der Waals surface area contributed by atoms with Crippen LogP contribution in [-0.4, -0.2) is 6.54 Å². The molecule has 2 heteroatoms. The maximum Gasteiger partial charge on any atom is 0.130 e. The van der Waals surface area contributed by atoms with Crippen molar-refractivity contribution in [2.24, 2.45) is 0 Å². The Kier molecular flexibility index (Phi) is 5.82. The molecular weight excluding hydrogens is 258 g/mol. The molecule has 2 rings (SSSR count). The third kappa shape index (κ3) is 4.33. The van der Waals surface area contributed by atoms with Crippen LogP contribution in [0.3, 0.4) is 0 Å². The van der Waals surface area contributed by atoms with E-state index in [1.165, 1.54) is 11.1 Å². The van der Waals surface area contributed by atoms with Gasteiger partial charge in [-0.05, 0) is 55.6 Å². The van der Waals surface area contributed by atoms with Crippen LogP contribution >= 0.6 is 0 Å². The van der Waals surface area contributed by atoms with Crippen LogP contribution in [-0.2, 0) is 6.42 Å². The number of nitrogens with one attached hydrogen (secondary N) is 1. The SMILES string of the molecule is CCCNC(C)c1ccc(Oc2ccccc2CC)cc1. The molecule has 0 bridgehead atoms. The van der Waals surface area contributed by atoms with Gasteiger partial charge in [0.2, 0.25) is 0 Å². The molecule has 0 heterocycles. The van der Waals surface area contributed by atoms with Crippen molar-refractivity contribution in [1.29, 1.82) is 0 Å². The van der Waals surface area contributed by atoms with Gasteiger partial charge < -0.3 is 10.1 Å². The van der Waals surface area contributed by atoms with E-state index in [1.807, 2.05) is 24.3 Å². The number of hydrogen-bond donors (Lipinski definition) is 1. The third-order valence-electron chi connectivity index (χ3n) is 3.66. The lowest BCUT2D eigenvalue weighted by molar-refractivity contribution is 0.476. The smallest absolute Gasteiger partial charge is 0.130 e. The summed E-state index contributed by atoms with van der Waals surface area (Å²) in [4.78, 5) is 0. The minimum atomic E-state index is 0.377. The Hall–Kier alpha value is -1.80. The first-order valence-electron chi connectivity index (χ1n) is 7.83. The molecule has 21 heavy (non-hydrogen) atoms. The Morgan fingerprint density at radius 3 is 2.38 bits per heavy atom. The van der Waals surface area contributed by atoms with Crippen molar-refractivity contribution < 1.29 is 4.74 Å². The van der Waals surface area contributed by atoms with E-state index in [0.717, 1.165) is 30.9 Å². The fourth-order valence-corrected chi connectivity index (χ4v) is 2.33. The van der Waals surface area contributed by atoms with Gasteiger partial charge in [0.25, 0.3) is 0 Å². The van der Waals surface area contributed by atoms with Gasteiger partial charge in [-0.1, -0.05) is 44.2 Å². The van der Waals surface area contributed by atoms with Gasteiger partial charge in [0.1, 0.15) is 11.5 Å². The fourth-order valence-electron chi connectivity index (χ4n) is 2.33. The van der Waals surface area contributed by atoms with Crippen LogP contribution < -0.4 is 10.1 Å². The van der Waals surface area contributed by atoms with Crippen molar-refractivity contribution in [1.82, 2.24) is 5.32 Å². The molecule has 0 saturated carbocycles. The summed E-state index contributed by atoms with van der Waals surface area (Å²) in [7, 11) is 0. The lowest BCUT2D eigenvalue weighted by atomic mass is 10.1. The highest BCUT2D eigenvalue weighted by Crippen LogP contribution is 2.26. The van der Waals surface area contributed by atoms with E-state index in [1.54, 1.807) is 0 Å². The Morgan fingerprint density at radius 2 is 1.71 bits per heavy atom. The maximum absolute atomic E-state index is 6.00. The Morgan fingerprint density at radius 1 is 1.00 bits per heavy atom. The van der Waals surface area contributed by atoms with Crippen LogP contribution in [0.1, 0.15) is 44.4 Å². The lowest BCUT2D eigenvalue weighted by Crippen LogP contribution is -2.19. The summed E-state index contributed by atoms with van der Waals surface area (Å²) in [5.41, 5.74) is 2.53. The minimum Gasteiger partial charge on any atom is -0.457 e. The molecule has 1 N–H and O–H groups in total. The number of ether oxygens (including phenoxy) is 1. The highest BCUT2D eigenvalue weighted by atomic mass is 16.5. The summed E-state index contributed by atoms with van der Waals surface area (Å²) in [5.74, 6) is 1.84. The number of aryl methyl sites for hydroxylation is 1. The standard InChI is InChI=1S/C19H25NO/c1-4-14-20-15(3)17-10-12-18(13-11-17)21-19-9-7-6-8-16(19)5-2/h6-13,15,20H,4-5,14H2,1-3H3. The topological polar surface area (TPSA) is 21.3 Å². The van der Waals surface area contributed by atoms with Crippen LogP contribution in [0.2, 0.25) is 0 Å². The molecule has 0 spiro atoms. The second-order valence-corrected chi connectivity index (χ2v) is 5.31. The summed E-state index contributed by atoms with van der Waals surface area (Å²) in [6.07, 6.45) is 2.13. The zero-order valence-corrected chi connectivity index (χ0v) is 13.2. The first kappa shape index (κ1) is 15.6. The van der Waals surface area contributed by atoms with E-state index < -0.39 is 0 Å². The average molecular weight is 283 g/mol. The van der Waals surface area contributed by atoms with Crippen LogP contribution in [0.25, 0.3) is 0 Å². The van der Waals surface area contributed by atoms with E-state index in [-0.39, 0.29) is 0 Å². The summed E-state index contributed by atoms with van der Waals surface area (Å²) >= 11 is 0. The summed E-state index contributed by atoms with van der Waals surface area (Å²) in [6, 6.07) is 16.9. The number of hydrogen-bond acceptors (Lipinski definition) is 2. The molecule has 1 unspecified atom stereocenters. The van der Waals surface area contributed by atoms with Crippen molar-refractivity contribution in [2.45, 2.75) is 39.7 Å². The number of benzene rings is 2. The maximum atomic E-state index is 6.00. The number of rotatable bonds is 7.